The van der Waals surface area contributed by atoms with E-state index in [1.807, 2.05) is 17.5 Å². The number of nitrogens with one attached hydrogen (secondary N) is 2. The van der Waals surface area contributed by atoms with Gasteiger partial charge in [0, 0.05) is 13.0 Å². The van der Waals surface area contributed by atoms with Gasteiger partial charge >= 0.3 is 0 Å². The Hall–Kier alpha value is -3.04. The number of nitrogens with two attached hydrogens (primary N) is 1. The number of hydrogen-bond acceptors (Lipinski definition) is 6. The Balaban J connectivity index is 1.76. The first-order chi connectivity index (χ1) is 13.5. The van der Waals surface area contributed by atoms with Crippen molar-refractivity contribution in [1.82, 2.24) is 10.3 Å². The van der Waals surface area contributed by atoms with Crippen molar-refractivity contribution in [2.45, 2.75) is 13.3 Å². The minimum Gasteiger partial charge on any atom is -0.370 e. The second-order valence-electron chi connectivity index (χ2n) is 5.88. The molecule has 2 aromatic heterocycles. The summed E-state index contributed by atoms with van der Waals surface area (Å²) >= 11 is 2.87. The van der Waals surface area contributed by atoms with Gasteiger partial charge in [-0.3, -0.25) is 14.4 Å². The number of carbonyl (C=O) groups is 3. The lowest BCUT2D eigenvalue weighted by Crippen LogP contribution is -2.28. The molecule has 7 nitrogen and oxygen atoms in total. The van der Waals surface area contributed by atoms with E-state index in [9.17, 15) is 14.4 Å². The molecular weight excluding hydrogens is 396 g/mol. The number of benzene rings is 1. The van der Waals surface area contributed by atoms with Gasteiger partial charge < -0.3 is 16.4 Å². The van der Waals surface area contributed by atoms with Gasteiger partial charge in [-0.25, -0.2) is 4.98 Å². The van der Waals surface area contributed by atoms with Crippen molar-refractivity contribution in [1.29, 1.82) is 0 Å². The monoisotopic (exact) mass is 414 g/mol. The molecule has 0 radical (unpaired) electrons. The fraction of sp³-hybridized carbons (Fsp3) is 0.158. The highest BCUT2D eigenvalue weighted by Crippen LogP contribution is 2.31. The normalized spacial score (nSPS) is 10.5. The number of aryl methyl sites for hydroxylation is 1. The van der Waals surface area contributed by atoms with Gasteiger partial charge in [0.25, 0.3) is 11.8 Å². The van der Waals surface area contributed by atoms with Gasteiger partial charge in [-0.2, -0.15) is 0 Å². The summed E-state index contributed by atoms with van der Waals surface area (Å²) in [7, 11) is 0. The fourth-order valence-corrected chi connectivity index (χ4v) is 4.23. The molecule has 0 unspecified atom stereocenters. The van der Waals surface area contributed by atoms with Crippen LogP contribution in [0.3, 0.4) is 0 Å². The zero-order valence-electron chi connectivity index (χ0n) is 15.0. The summed E-state index contributed by atoms with van der Waals surface area (Å²) in [5, 5.41) is 8.15. The molecule has 9 heteroatoms. The second kappa shape index (κ2) is 8.77. The van der Waals surface area contributed by atoms with Crippen molar-refractivity contribution in [3.63, 3.8) is 0 Å². The maximum Gasteiger partial charge on any atom is 0.267 e. The van der Waals surface area contributed by atoms with Gasteiger partial charge in [-0.05, 0) is 30.5 Å². The number of thiophene rings is 1. The predicted molar refractivity (Wildman–Crippen MR) is 111 cm³/mol. The number of amides is 3. The average Bonchev–Trinajstić information content (AvgIpc) is 3.31. The minimum atomic E-state index is -0.496. The summed E-state index contributed by atoms with van der Waals surface area (Å²) in [6.07, 6.45) is 0.0474. The Bertz CT molecular complexity index is 1010. The van der Waals surface area contributed by atoms with Gasteiger partial charge in [0.1, 0.15) is 9.88 Å². The lowest BCUT2D eigenvalue weighted by molar-refractivity contribution is -0.117. The molecule has 144 valence electrons. The van der Waals surface area contributed by atoms with E-state index in [0.29, 0.717) is 21.8 Å². The molecule has 3 rings (SSSR count). The number of hydrogen-bond donors (Lipinski definition) is 3. The number of aromatic nitrogens is 1. The van der Waals surface area contributed by atoms with Crippen LogP contribution in [0.2, 0.25) is 0 Å². The van der Waals surface area contributed by atoms with Crippen LogP contribution in [-0.2, 0) is 4.79 Å². The minimum absolute atomic E-state index is 0.0474. The fourth-order valence-electron chi connectivity index (χ4n) is 2.48. The highest BCUT2D eigenvalue weighted by molar-refractivity contribution is 7.22. The van der Waals surface area contributed by atoms with Crippen molar-refractivity contribution >= 4 is 46.1 Å². The quantitative estimate of drug-likeness (QED) is 0.551. The van der Waals surface area contributed by atoms with Crippen molar-refractivity contribution in [3.8, 4) is 9.88 Å². The molecule has 3 aromatic rings. The van der Waals surface area contributed by atoms with E-state index < -0.39 is 11.8 Å². The summed E-state index contributed by atoms with van der Waals surface area (Å²) < 4.78 is 0. The number of para-hydroxylation sites is 1. The smallest absolute Gasteiger partial charge is 0.267 e. The zero-order valence-corrected chi connectivity index (χ0v) is 16.7. The molecule has 0 fully saturated rings. The van der Waals surface area contributed by atoms with E-state index >= 15 is 0 Å². The number of rotatable bonds is 7. The highest BCUT2D eigenvalue weighted by Gasteiger charge is 2.19. The van der Waals surface area contributed by atoms with E-state index in [-0.39, 0.29) is 18.9 Å². The van der Waals surface area contributed by atoms with Gasteiger partial charge in [0.15, 0.2) is 0 Å². The molecule has 28 heavy (non-hydrogen) atoms. The van der Waals surface area contributed by atoms with Crippen LogP contribution in [0, 0.1) is 6.92 Å². The van der Waals surface area contributed by atoms with E-state index in [2.05, 4.69) is 15.6 Å². The number of primary amides is 1. The van der Waals surface area contributed by atoms with Crippen LogP contribution in [0.15, 0.2) is 41.8 Å². The van der Waals surface area contributed by atoms with Gasteiger partial charge in [0.05, 0.1) is 21.8 Å². The second-order valence-corrected chi connectivity index (χ2v) is 7.83. The first kappa shape index (κ1) is 19.7. The third-order valence-corrected chi connectivity index (χ3v) is 6.01. The van der Waals surface area contributed by atoms with Gasteiger partial charge in [0.2, 0.25) is 5.91 Å². The number of anilines is 1. The van der Waals surface area contributed by atoms with Crippen LogP contribution in [0.25, 0.3) is 9.88 Å². The third kappa shape index (κ3) is 4.62. The predicted octanol–water partition coefficient (Wildman–Crippen LogP) is 3.04. The summed E-state index contributed by atoms with van der Waals surface area (Å²) in [5.41, 5.74) is 6.40. The summed E-state index contributed by atoms with van der Waals surface area (Å²) in [6, 6.07) is 10.6. The molecule has 0 aliphatic rings. The molecule has 0 spiro atoms. The molecule has 0 aliphatic carbocycles. The van der Waals surface area contributed by atoms with Gasteiger partial charge in [-0.15, -0.1) is 22.7 Å². The van der Waals surface area contributed by atoms with Crippen LogP contribution < -0.4 is 16.4 Å². The van der Waals surface area contributed by atoms with Crippen LogP contribution in [0.5, 0.6) is 0 Å². The molecule has 0 aliphatic heterocycles. The number of thiazole rings is 1. The van der Waals surface area contributed by atoms with Crippen molar-refractivity contribution in [3.05, 3.63) is 57.9 Å². The summed E-state index contributed by atoms with van der Waals surface area (Å²) in [6.45, 7) is 1.92. The van der Waals surface area contributed by atoms with Crippen LogP contribution in [-0.4, -0.2) is 29.3 Å². The molecular formula is C19H18N4O3S2. The molecule has 0 saturated carbocycles. The Labute approximate surface area is 169 Å². The van der Waals surface area contributed by atoms with E-state index in [1.165, 1.54) is 11.3 Å². The first-order valence-electron chi connectivity index (χ1n) is 8.44. The van der Waals surface area contributed by atoms with Crippen LogP contribution in [0.4, 0.5) is 5.69 Å². The Morgan fingerprint density at radius 2 is 1.89 bits per heavy atom. The largest absolute Gasteiger partial charge is 0.370 e. The van der Waals surface area contributed by atoms with Gasteiger partial charge in [-0.1, -0.05) is 18.2 Å². The molecule has 0 saturated heterocycles. The molecule has 0 bridgehead atoms. The first-order valence-corrected chi connectivity index (χ1v) is 10.1. The van der Waals surface area contributed by atoms with Crippen LogP contribution in [0.1, 0.15) is 32.1 Å². The maximum absolute atomic E-state index is 12.8. The highest BCUT2D eigenvalue weighted by atomic mass is 32.1. The Kier molecular flexibility index (Phi) is 6.17. The third-order valence-electron chi connectivity index (χ3n) is 3.81. The van der Waals surface area contributed by atoms with E-state index in [4.69, 9.17) is 5.73 Å². The number of nitrogens with zero attached hydrogens (tertiary/aromatic N) is 1. The summed E-state index contributed by atoms with van der Waals surface area (Å²) in [5.74, 6) is -1.21. The van der Waals surface area contributed by atoms with Crippen molar-refractivity contribution in [2.75, 3.05) is 11.9 Å². The SMILES string of the molecule is Cc1nc(-c2cccs2)sc1C(=O)Nc1ccccc1C(=O)NCCC(N)=O. The standard InChI is InChI=1S/C19H18N4O3S2/c1-11-16(28-19(22-11)14-7-4-10-27-14)18(26)23-13-6-3-2-5-12(13)17(25)21-9-8-15(20)24/h2-7,10H,8-9H2,1H3,(H2,20,24)(H,21,25)(H,23,26). The van der Waals surface area contributed by atoms with E-state index in [1.54, 1.807) is 42.5 Å². The molecule has 2 heterocycles. The molecule has 3 amide bonds. The van der Waals surface area contributed by atoms with E-state index in [0.717, 1.165) is 9.88 Å². The average molecular weight is 415 g/mol. The molecule has 0 atom stereocenters. The lowest BCUT2D eigenvalue weighted by Gasteiger charge is -2.10. The lowest BCUT2D eigenvalue weighted by atomic mass is 10.1. The van der Waals surface area contributed by atoms with Crippen LogP contribution >= 0.6 is 22.7 Å². The topological polar surface area (TPSA) is 114 Å². The Morgan fingerprint density at radius 1 is 1.11 bits per heavy atom. The van der Waals surface area contributed by atoms with Crippen molar-refractivity contribution < 1.29 is 14.4 Å². The maximum atomic E-state index is 12.8. The summed E-state index contributed by atoms with van der Waals surface area (Å²) in [4.78, 5) is 41.9. The Morgan fingerprint density at radius 3 is 2.61 bits per heavy atom. The molecule has 4 N–H and O–H groups in total. The number of carbonyl (C=O) groups excluding carboxylic acids is 3. The molecule has 1 aromatic carbocycles. The zero-order chi connectivity index (χ0) is 20.1. The van der Waals surface area contributed by atoms with Crippen molar-refractivity contribution in [2.24, 2.45) is 5.73 Å².